The lowest BCUT2D eigenvalue weighted by Gasteiger charge is -2.13. The summed E-state index contributed by atoms with van der Waals surface area (Å²) in [6.45, 7) is 7.02. The van der Waals surface area contributed by atoms with Crippen molar-refractivity contribution in [3.63, 3.8) is 0 Å². The van der Waals surface area contributed by atoms with Crippen molar-refractivity contribution < 1.29 is 0 Å². The van der Waals surface area contributed by atoms with Gasteiger partial charge in [0.05, 0.1) is 11.7 Å². The van der Waals surface area contributed by atoms with Crippen molar-refractivity contribution >= 4 is 0 Å². The van der Waals surface area contributed by atoms with Gasteiger partial charge in [-0.15, -0.1) is 0 Å². The van der Waals surface area contributed by atoms with E-state index in [1.54, 1.807) is 5.57 Å². The third kappa shape index (κ3) is 1.86. The largest absolute Gasteiger partial charge is 0.181 e. The molecule has 0 aromatic rings. The zero-order chi connectivity index (χ0) is 12.0. The van der Waals surface area contributed by atoms with Crippen LogP contribution < -0.4 is 0 Å². The number of hydrogen-bond donors (Lipinski definition) is 0. The molecule has 1 fully saturated rings. The molecule has 2 aliphatic carbocycles. The van der Waals surface area contributed by atoms with Gasteiger partial charge in [-0.2, -0.15) is 10.2 Å². The first-order chi connectivity index (χ1) is 8.22. The van der Waals surface area contributed by atoms with E-state index in [-0.39, 0.29) is 0 Å². The molecule has 3 aliphatic rings. The van der Waals surface area contributed by atoms with Crippen LogP contribution in [-0.2, 0) is 0 Å². The summed E-state index contributed by atoms with van der Waals surface area (Å²) < 4.78 is 0. The maximum atomic E-state index is 4.44. The minimum absolute atomic E-state index is 0.429. The fourth-order valence-electron chi connectivity index (χ4n) is 4.22. The number of hydrogen-bond acceptors (Lipinski definition) is 2. The number of allylic oxidation sites excluding steroid dienone is 1. The topological polar surface area (TPSA) is 24.7 Å². The van der Waals surface area contributed by atoms with Gasteiger partial charge in [-0.3, -0.25) is 0 Å². The van der Waals surface area contributed by atoms with Crippen LogP contribution in [0, 0.1) is 23.7 Å². The maximum Gasteiger partial charge on any atom is 0.0940 e. The lowest BCUT2D eigenvalue weighted by molar-refractivity contribution is 0.489. The van der Waals surface area contributed by atoms with Crippen LogP contribution in [0.1, 0.15) is 52.9 Å². The molecule has 17 heavy (non-hydrogen) atoms. The number of fused-ring (bicyclic) bond motifs is 1. The van der Waals surface area contributed by atoms with Crippen molar-refractivity contribution in [2.75, 3.05) is 0 Å². The van der Waals surface area contributed by atoms with Crippen molar-refractivity contribution in [2.24, 2.45) is 33.9 Å². The maximum absolute atomic E-state index is 4.44. The molecular weight excluding hydrogens is 208 g/mol. The quantitative estimate of drug-likeness (QED) is 0.666. The Morgan fingerprint density at radius 1 is 1.18 bits per heavy atom. The summed E-state index contributed by atoms with van der Waals surface area (Å²) in [5.74, 6) is 3.90. The number of nitrogens with zero attached hydrogens (tertiary/aromatic N) is 2. The van der Waals surface area contributed by atoms with Crippen LogP contribution in [0.5, 0.6) is 0 Å². The highest BCUT2D eigenvalue weighted by atomic mass is 15.2. The summed E-state index contributed by atoms with van der Waals surface area (Å²) in [4.78, 5) is 0. The van der Waals surface area contributed by atoms with E-state index in [1.807, 2.05) is 0 Å². The summed E-state index contributed by atoms with van der Waals surface area (Å²) in [7, 11) is 0. The van der Waals surface area contributed by atoms with Crippen LogP contribution in [0.15, 0.2) is 21.5 Å². The Morgan fingerprint density at radius 3 is 2.53 bits per heavy atom. The average molecular weight is 232 g/mol. The Kier molecular flexibility index (Phi) is 2.84. The molecule has 2 heteroatoms. The lowest BCUT2D eigenvalue weighted by Crippen LogP contribution is -2.06. The molecule has 0 aromatic heterocycles. The van der Waals surface area contributed by atoms with Gasteiger partial charge in [-0.25, -0.2) is 0 Å². The third-order valence-electron chi connectivity index (χ3n) is 5.11. The minimum Gasteiger partial charge on any atom is -0.181 e. The first-order valence-corrected chi connectivity index (χ1v) is 7.35. The Labute approximate surface area is 105 Å². The van der Waals surface area contributed by atoms with Gasteiger partial charge in [0.1, 0.15) is 0 Å². The van der Waals surface area contributed by atoms with Gasteiger partial charge in [0.15, 0.2) is 0 Å². The molecule has 2 nitrogen and oxygen atoms in total. The highest BCUT2D eigenvalue weighted by molar-refractivity contribution is 5.24. The monoisotopic (exact) mass is 232 g/mol. The first kappa shape index (κ1) is 11.4. The minimum atomic E-state index is 0.429. The molecule has 0 bridgehead atoms. The molecule has 4 atom stereocenters. The standard InChI is InChI=1S/C15H24N2/c1-4-13-12-6-5-10-11(15(10)9(2)3)7-8-14(12)17-16-13/h9-11,13,15H,4-8H2,1-3H3/t10-,11+,13?,15?/m0/s1. The second kappa shape index (κ2) is 4.22. The SMILES string of the molecule is CCC1N=NC2=C1CC[C@@H]1C(C(C)C)[C@@H]1CC2. The molecular formula is C15H24N2. The molecule has 0 saturated heterocycles. The molecule has 0 spiro atoms. The molecule has 0 radical (unpaired) electrons. The van der Waals surface area contributed by atoms with Crippen LogP contribution in [-0.4, -0.2) is 6.04 Å². The number of azo groups is 1. The average Bonchev–Trinajstić information content (AvgIpc) is 2.83. The van der Waals surface area contributed by atoms with Crippen molar-refractivity contribution in [1.29, 1.82) is 0 Å². The predicted molar refractivity (Wildman–Crippen MR) is 69.7 cm³/mol. The lowest BCUT2D eigenvalue weighted by atomic mass is 9.93. The first-order valence-electron chi connectivity index (χ1n) is 7.35. The summed E-state index contributed by atoms with van der Waals surface area (Å²) in [6.07, 6.45) is 6.35. The summed E-state index contributed by atoms with van der Waals surface area (Å²) in [5, 5.41) is 8.87. The zero-order valence-corrected chi connectivity index (χ0v) is 11.3. The van der Waals surface area contributed by atoms with Gasteiger partial charge in [0.25, 0.3) is 0 Å². The van der Waals surface area contributed by atoms with Gasteiger partial charge in [-0.1, -0.05) is 20.8 Å². The van der Waals surface area contributed by atoms with Crippen LogP contribution >= 0.6 is 0 Å². The molecule has 0 aromatic carbocycles. The second-order valence-corrected chi connectivity index (χ2v) is 6.34. The summed E-state index contributed by atoms with van der Waals surface area (Å²) in [5.41, 5.74) is 2.94. The Balaban J connectivity index is 1.72. The van der Waals surface area contributed by atoms with Gasteiger partial charge in [-0.05, 0) is 61.3 Å². The van der Waals surface area contributed by atoms with Gasteiger partial charge in [0.2, 0.25) is 0 Å². The van der Waals surface area contributed by atoms with Gasteiger partial charge < -0.3 is 0 Å². The molecule has 0 amide bonds. The second-order valence-electron chi connectivity index (χ2n) is 6.34. The van der Waals surface area contributed by atoms with E-state index in [0.29, 0.717) is 6.04 Å². The van der Waals surface area contributed by atoms with Gasteiger partial charge in [0, 0.05) is 0 Å². The zero-order valence-electron chi connectivity index (χ0n) is 11.3. The molecule has 94 valence electrons. The highest BCUT2D eigenvalue weighted by Gasteiger charge is 2.51. The van der Waals surface area contributed by atoms with Crippen molar-refractivity contribution in [3.8, 4) is 0 Å². The van der Waals surface area contributed by atoms with Gasteiger partial charge >= 0.3 is 0 Å². The smallest absolute Gasteiger partial charge is 0.0940 e. The fourth-order valence-corrected chi connectivity index (χ4v) is 4.22. The molecule has 1 saturated carbocycles. The van der Waals surface area contributed by atoms with Crippen LogP contribution in [0.25, 0.3) is 0 Å². The molecule has 0 N–H and O–H groups in total. The van der Waals surface area contributed by atoms with E-state index < -0.39 is 0 Å². The van der Waals surface area contributed by atoms with Crippen molar-refractivity contribution in [1.82, 2.24) is 0 Å². The van der Waals surface area contributed by atoms with E-state index in [1.165, 1.54) is 31.4 Å². The number of rotatable bonds is 2. The third-order valence-corrected chi connectivity index (χ3v) is 5.11. The summed E-state index contributed by atoms with van der Waals surface area (Å²) in [6, 6.07) is 0.429. The van der Waals surface area contributed by atoms with Crippen LogP contribution in [0.3, 0.4) is 0 Å². The Bertz CT molecular complexity index is 367. The van der Waals surface area contributed by atoms with E-state index in [2.05, 4.69) is 31.0 Å². The predicted octanol–water partition coefficient (Wildman–Crippen LogP) is 4.58. The highest BCUT2D eigenvalue weighted by Crippen LogP contribution is 2.58. The Hall–Kier alpha value is -0.660. The summed E-state index contributed by atoms with van der Waals surface area (Å²) >= 11 is 0. The van der Waals surface area contributed by atoms with Crippen LogP contribution in [0.2, 0.25) is 0 Å². The van der Waals surface area contributed by atoms with E-state index in [0.717, 1.165) is 30.1 Å². The molecule has 1 heterocycles. The molecule has 1 aliphatic heterocycles. The van der Waals surface area contributed by atoms with E-state index in [9.17, 15) is 0 Å². The Morgan fingerprint density at radius 2 is 1.88 bits per heavy atom. The van der Waals surface area contributed by atoms with Crippen molar-refractivity contribution in [2.45, 2.75) is 58.9 Å². The normalized spacial score (nSPS) is 40.0. The molecule has 3 rings (SSSR count). The fraction of sp³-hybridized carbons (Fsp3) is 0.867. The van der Waals surface area contributed by atoms with Crippen molar-refractivity contribution in [3.05, 3.63) is 11.3 Å². The van der Waals surface area contributed by atoms with E-state index >= 15 is 0 Å². The van der Waals surface area contributed by atoms with E-state index in [4.69, 9.17) is 0 Å². The molecule has 2 unspecified atom stereocenters. The van der Waals surface area contributed by atoms with Crippen LogP contribution in [0.4, 0.5) is 0 Å².